The van der Waals surface area contributed by atoms with Gasteiger partial charge in [0.25, 0.3) is 0 Å². The quantitative estimate of drug-likeness (QED) is 0.671. The highest BCUT2D eigenvalue weighted by Gasteiger charge is 2.31. The molecule has 5 rings (SSSR count). The van der Waals surface area contributed by atoms with E-state index in [1.165, 1.54) is 5.56 Å². The van der Waals surface area contributed by atoms with Crippen LogP contribution in [0.15, 0.2) is 60.9 Å². The molecule has 0 spiro atoms. The SMILES string of the molecule is O=C(C1CCN(c2ccc(-c3cccnc3)nn2)CC1)N1CCCc2ccccc21. The molecule has 2 aliphatic heterocycles. The lowest BCUT2D eigenvalue weighted by Gasteiger charge is -2.36. The van der Waals surface area contributed by atoms with Gasteiger partial charge in [-0.1, -0.05) is 18.2 Å². The Bertz CT molecular complexity index is 1010. The molecule has 0 aliphatic carbocycles. The van der Waals surface area contributed by atoms with Gasteiger partial charge in [-0.15, -0.1) is 10.2 Å². The van der Waals surface area contributed by atoms with Crippen LogP contribution < -0.4 is 9.80 Å². The largest absolute Gasteiger partial charge is 0.355 e. The van der Waals surface area contributed by atoms with Gasteiger partial charge in [-0.25, -0.2) is 0 Å². The first kappa shape index (κ1) is 18.7. The zero-order valence-electron chi connectivity index (χ0n) is 16.9. The van der Waals surface area contributed by atoms with Crippen LogP contribution in [0.4, 0.5) is 11.5 Å². The molecule has 0 radical (unpaired) electrons. The number of fused-ring (bicyclic) bond motifs is 1. The molecule has 30 heavy (non-hydrogen) atoms. The van der Waals surface area contributed by atoms with Gasteiger partial charge in [0, 0.05) is 49.2 Å². The standard InChI is InChI=1S/C24H25N5O/c30-24(29-14-4-7-18-5-1-2-8-22(18)29)19-11-15-28(16-12-19)23-10-9-21(26-27-23)20-6-3-13-25-17-20/h1-3,5-6,8-10,13,17,19H,4,7,11-12,14-16H2. The third-order valence-corrected chi connectivity index (χ3v) is 6.15. The average Bonchev–Trinajstić information content (AvgIpc) is 2.84. The summed E-state index contributed by atoms with van der Waals surface area (Å²) in [6.45, 7) is 2.48. The number of pyridine rings is 1. The first-order chi connectivity index (χ1) is 14.8. The summed E-state index contributed by atoms with van der Waals surface area (Å²) in [5.74, 6) is 1.23. The Morgan fingerprint density at radius 3 is 2.57 bits per heavy atom. The average molecular weight is 399 g/mol. The van der Waals surface area contributed by atoms with Gasteiger partial charge in [0.1, 0.15) is 0 Å². The summed E-state index contributed by atoms with van der Waals surface area (Å²) in [4.78, 5) is 21.6. The highest BCUT2D eigenvalue weighted by molar-refractivity contribution is 5.96. The number of benzene rings is 1. The molecule has 0 bridgehead atoms. The minimum Gasteiger partial charge on any atom is -0.355 e. The molecule has 3 aromatic rings. The molecule has 0 unspecified atom stereocenters. The molecule has 4 heterocycles. The molecule has 6 nitrogen and oxygen atoms in total. The number of carbonyl (C=O) groups excluding carboxylic acids is 1. The molecule has 2 aromatic heterocycles. The molecule has 6 heteroatoms. The van der Waals surface area contributed by atoms with Gasteiger partial charge in [-0.05, 0) is 61.6 Å². The fourth-order valence-electron chi connectivity index (χ4n) is 4.50. The Labute approximate surface area is 176 Å². The number of aryl methyl sites for hydroxylation is 1. The molecule has 0 saturated carbocycles. The van der Waals surface area contributed by atoms with Crippen LogP contribution in [0.5, 0.6) is 0 Å². The van der Waals surface area contributed by atoms with Crippen LogP contribution in [0.3, 0.4) is 0 Å². The lowest BCUT2D eigenvalue weighted by Crippen LogP contribution is -2.44. The molecule has 2 aliphatic rings. The number of anilines is 2. The van der Waals surface area contributed by atoms with Crippen LogP contribution in [0, 0.1) is 5.92 Å². The lowest BCUT2D eigenvalue weighted by molar-refractivity contribution is -0.123. The van der Waals surface area contributed by atoms with E-state index in [9.17, 15) is 4.79 Å². The molecular weight excluding hydrogens is 374 g/mol. The number of hydrogen-bond acceptors (Lipinski definition) is 5. The normalized spacial score (nSPS) is 16.9. The molecule has 0 atom stereocenters. The highest BCUT2D eigenvalue weighted by Crippen LogP contribution is 2.31. The second-order valence-electron chi connectivity index (χ2n) is 8.00. The number of piperidine rings is 1. The second kappa shape index (κ2) is 8.22. The smallest absolute Gasteiger partial charge is 0.230 e. The molecule has 1 amide bonds. The van der Waals surface area contributed by atoms with Crippen molar-refractivity contribution in [1.82, 2.24) is 15.2 Å². The van der Waals surface area contributed by atoms with Gasteiger partial charge in [-0.2, -0.15) is 0 Å². The Balaban J connectivity index is 1.23. The summed E-state index contributed by atoms with van der Waals surface area (Å²) in [5, 5.41) is 8.79. The van der Waals surface area contributed by atoms with Crippen LogP contribution in [0.1, 0.15) is 24.8 Å². The van der Waals surface area contributed by atoms with E-state index >= 15 is 0 Å². The lowest BCUT2D eigenvalue weighted by atomic mass is 9.93. The first-order valence-corrected chi connectivity index (χ1v) is 10.7. The van der Waals surface area contributed by atoms with Crippen molar-refractivity contribution in [2.45, 2.75) is 25.7 Å². The fraction of sp³-hybridized carbons (Fsp3) is 0.333. The molecule has 1 fully saturated rings. The van der Waals surface area contributed by atoms with E-state index in [2.05, 4.69) is 38.3 Å². The number of amides is 1. The number of nitrogens with zero attached hydrogens (tertiary/aromatic N) is 5. The number of carbonyl (C=O) groups is 1. The summed E-state index contributed by atoms with van der Waals surface area (Å²) in [6, 6.07) is 16.2. The number of aromatic nitrogens is 3. The third-order valence-electron chi connectivity index (χ3n) is 6.15. The van der Waals surface area contributed by atoms with Crippen molar-refractivity contribution in [2.75, 3.05) is 29.4 Å². The summed E-state index contributed by atoms with van der Waals surface area (Å²) in [7, 11) is 0. The van der Waals surface area contributed by atoms with E-state index in [0.29, 0.717) is 0 Å². The van der Waals surface area contributed by atoms with Gasteiger partial charge in [0.15, 0.2) is 5.82 Å². The summed E-state index contributed by atoms with van der Waals surface area (Å²) in [5.41, 5.74) is 4.18. The van der Waals surface area contributed by atoms with E-state index < -0.39 is 0 Å². The van der Waals surface area contributed by atoms with Crippen molar-refractivity contribution in [3.05, 3.63) is 66.5 Å². The molecular formula is C24H25N5O. The van der Waals surface area contributed by atoms with Crippen LogP contribution >= 0.6 is 0 Å². The first-order valence-electron chi connectivity index (χ1n) is 10.7. The Morgan fingerprint density at radius 2 is 1.80 bits per heavy atom. The maximum absolute atomic E-state index is 13.2. The Kier molecular flexibility index (Phi) is 5.13. The van der Waals surface area contributed by atoms with Crippen molar-refractivity contribution in [3.8, 4) is 11.3 Å². The number of rotatable bonds is 3. The van der Waals surface area contributed by atoms with Gasteiger partial charge in [-0.3, -0.25) is 9.78 Å². The van der Waals surface area contributed by atoms with Crippen molar-refractivity contribution < 1.29 is 4.79 Å². The minimum atomic E-state index is 0.0787. The predicted octanol–water partition coefficient (Wildman–Crippen LogP) is 3.73. The molecule has 152 valence electrons. The van der Waals surface area contributed by atoms with E-state index in [-0.39, 0.29) is 11.8 Å². The predicted molar refractivity (Wildman–Crippen MR) is 117 cm³/mol. The van der Waals surface area contributed by atoms with E-state index in [0.717, 1.165) is 68.1 Å². The highest BCUT2D eigenvalue weighted by atomic mass is 16.2. The van der Waals surface area contributed by atoms with Crippen LogP contribution in [0.2, 0.25) is 0 Å². The van der Waals surface area contributed by atoms with Crippen molar-refractivity contribution in [1.29, 1.82) is 0 Å². The maximum Gasteiger partial charge on any atom is 0.230 e. The van der Waals surface area contributed by atoms with Gasteiger partial charge < -0.3 is 9.80 Å². The Hall–Kier alpha value is -3.28. The van der Waals surface area contributed by atoms with Gasteiger partial charge >= 0.3 is 0 Å². The number of para-hydroxylation sites is 1. The number of hydrogen-bond donors (Lipinski definition) is 0. The van der Waals surface area contributed by atoms with E-state index in [4.69, 9.17) is 0 Å². The maximum atomic E-state index is 13.2. The van der Waals surface area contributed by atoms with Gasteiger partial charge in [0.05, 0.1) is 5.69 Å². The Morgan fingerprint density at radius 1 is 0.933 bits per heavy atom. The molecule has 1 aromatic carbocycles. The topological polar surface area (TPSA) is 62.2 Å². The summed E-state index contributed by atoms with van der Waals surface area (Å²) >= 11 is 0. The fourth-order valence-corrected chi connectivity index (χ4v) is 4.50. The van der Waals surface area contributed by atoms with Crippen molar-refractivity contribution in [3.63, 3.8) is 0 Å². The summed E-state index contributed by atoms with van der Waals surface area (Å²) in [6.07, 6.45) is 7.35. The zero-order valence-corrected chi connectivity index (χ0v) is 16.9. The molecule has 0 N–H and O–H groups in total. The van der Waals surface area contributed by atoms with Crippen LogP contribution in [0.25, 0.3) is 11.3 Å². The second-order valence-corrected chi connectivity index (χ2v) is 8.00. The zero-order chi connectivity index (χ0) is 20.3. The monoisotopic (exact) mass is 399 g/mol. The van der Waals surface area contributed by atoms with Crippen molar-refractivity contribution >= 4 is 17.4 Å². The van der Waals surface area contributed by atoms with E-state index in [1.54, 1.807) is 12.4 Å². The van der Waals surface area contributed by atoms with Crippen LogP contribution in [-0.4, -0.2) is 40.7 Å². The summed E-state index contributed by atoms with van der Waals surface area (Å²) < 4.78 is 0. The van der Waals surface area contributed by atoms with Crippen LogP contribution in [-0.2, 0) is 11.2 Å². The van der Waals surface area contributed by atoms with E-state index in [1.807, 2.05) is 35.2 Å². The third kappa shape index (κ3) is 3.65. The van der Waals surface area contributed by atoms with Crippen molar-refractivity contribution in [2.24, 2.45) is 5.92 Å². The van der Waals surface area contributed by atoms with Gasteiger partial charge in [0.2, 0.25) is 5.91 Å². The minimum absolute atomic E-state index is 0.0787. The molecule has 1 saturated heterocycles.